The quantitative estimate of drug-likeness (QED) is 0.846. The molecule has 4 heterocycles. The number of ether oxygens (including phenoxy) is 1. The van der Waals surface area contributed by atoms with Gasteiger partial charge in [0.1, 0.15) is 0 Å². The summed E-state index contributed by atoms with van der Waals surface area (Å²) in [6.45, 7) is 7.99. The summed E-state index contributed by atoms with van der Waals surface area (Å²) in [5, 5.41) is 0. The largest absolute Gasteiger partial charge is 0.375 e. The van der Waals surface area contributed by atoms with E-state index in [-0.39, 0.29) is 0 Å². The fraction of sp³-hybridized carbons (Fsp3) is 0.524. The van der Waals surface area contributed by atoms with Crippen LogP contribution in [0.5, 0.6) is 0 Å². The molecule has 2 aliphatic heterocycles. The predicted molar refractivity (Wildman–Crippen MR) is 102 cm³/mol. The van der Waals surface area contributed by atoms with Gasteiger partial charge in [-0.25, -0.2) is 0 Å². The Balaban J connectivity index is 1.40. The number of fused-ring (bicyclic) bond motifs is 1. The Bertz CT molecular complexity index is 708. The summed E-state index contributed by atoms with van der Waals surface area (Å²) in [5.74, 6) is 0. The van der Waals surface area contributed by atoms with E-state index in [0.717, 1.165) is 57.9 Å². The molecular weight excluding hydrogens is 324 g/mol. The van der Waals surface area contributed by atoms with Crippen molar-refractivity contribution >= 4 is 0 Å². The van der Waals surface area contributed by atoms with E-state index in [1.807, 2.05) is 18.5 Å². The smallest absolute Gasteiger partial charge is 0.0743 e. The Morgan fingerprint density at radius 3 is 2.85 bits per heavy atom. The molecule has 0 N–H and O–H groups in total. The van der Waals surface area contributed by atoms with E-state index in [1.165, 1.54) is 11.3 Å². The lowest BCUT2D eigenvalue weighted by Crippen LogP contribution is -2.50. The van der Waals surface area contributed by atoms with Gasteiger partial charge in [0.25, 0.3) is 0 Å². The molecule has 2 aromatic heterocycles. The molecule has 5 heteroatoms. The predicted octanol–water partition coefficient (Wildman–Crippen LogP) is 2.65. The van der Waals surface area contributed by atoms with Gasteiger partial charge in [-0.05, 0) is 43.5 Å². The van der Waals surface area contributed by atoms with Gasteiger partial charge >= 0.3 is 0 Å². The molecule has 0 unspecified atom stereocenters. The van der Waals surface area contributed by atoms with Gasteiger partial charge < -0.3 is 4.74 Å². The SMILES string of the molecule is Cc1cccc(CN2CC[C@@H]3OCCN(Cc4cccnc4)[C@H]3CC2)n1. The monoisotopic (exact) mass is 352 g/mol. The maximum absolute atomic E-state index is 6.15. The van der Waals surface area contributed by atoms with Gasteiger partial charge in [0.05, 0.1) is 18.4 Å². The molecule has 2 aromatic rings. The highest BCUT2D eigenvalue weighted by Crippen LogP contribution is 2.25. The highest BCUT2D eigenvalue weighted by molar-refractivity contribution is 5.10. The number of hydrogen-bond donors (Lipinski definition) is 0. The van der Waals surface area contributed by atoms with E-state index in [0.29, 0.717) is 12.1 Å². The minimum absolute atomic E-state index is 0.343. The van der Waals surface area contributed by atoms with Crippen LogP contribution in [-0.2, 0) is 17.8 Å². The van der Waals surface area contributed by atoms with Crippen molar-refractivity contribution in [3.8, 4) is 0 Å². The van der Waals surface area contributed by atoms with Crippen molar-refractivity contribution in [3.63, 3.8) is 0 Å². The standard InChI is InChI=1S/C21H28N4O/c1-17-4-2-6-19(23-17)16-24-10-7-20-21(8-11-24)26-13-12-25(20)15-18-5-3-9-22-14-18/h2-6,9,14,20-21H,7-8,10-13,15-16H2,1H3/t20-,21-/m0/s1. The van der Waals surface area contributed by atoms with Crippen LogP contribution in [0.25, 0.3) is 0 Å². The molecule has 2 saturated heterocycles. The molecule has 26 heavy (non-hydrogen) atoms. The second-order valence-electron chi connectivity index (χ2n) is 7.43. The summed E-state index contributed by atoms with van der Waals surface area (Å²) in [7, 11) is 0. The summed E-state index contributed by atoms with van der Waals surface area (Å²) in [6, 6.07) is 11.0. The number of rotatable bonds is 4. The number of nitrogens with zero attached hydrogens (tertiary/aromatic N) is 4. The van der Waals surface area contributed by atoms with Crippen LogP contribution in [0, 0.1) is 6.92 Å². The third-order valence-electron chi connectivity index (χ3n) is 5.52. The Morgan fingerprint density at radius 1 is 1.08 bits per heavy atom. The summed E-state index contributed by atoms with van der Waals surface area (Å²) in [6.07, 6.45) is 6.41. The third-order valence-corrected chi connectivity index (χ3v) is 5.52. The maximum atomic E-state index is 6.15. The lowest BCUT2D eigenvalue weighted by atomic mass is 10.0. The number of aryl methyl sites for hydroxylation is 1. The Labute approximate surface area is 156 Å². The molecule has 0 amide bonds. The van der Waals surface area contributed by atoms with Crippen molar-refractivity contribution in [2.75, 3.05) is 26.2 Å². The number of morpholine rings is 1. The number of pyridine rings is 2. The van der Waals surface area contributed by atoms with Crippen molar-refractivity contribution in [3.05, 3.63) is 59.7 Å². The Morgan fingerprint density at radius 2 is 2.00 bits per heavy atom. The van der Waals surface area contributed by atoms with Crippen molar-refractivity contribution in [1.82, 2.24) is 19.8 Å². The average molecular weight is 352 g/mol. The van der Waals surface area contributed by atoms with E-state index < -0.39 is 0 Å². The highest BCUT2D eigenvalue weighted by Gasteiger charge is 2.34. The first-order valence-electron chi connectivity index (χ1n) is 9.67. The van der Waals surface area contributed by atoms with Crippen LogP contribution < -0.4 is 0 Å². The minimum atomic E-state index is 0.343. The molecule has 2 fully saturated rings. The topological polar surface area (TPSA) is 41.5 Å². The van der Waals surface area contributed by atoms with E-state index in [4.69, 9.17) is 4.74 Å². The van der Waals surface area contributed by atoms with Crippen molar-refractivity contribution in [1.29, 1.82) is 0 Å². The molecule has 2 aliphatic rings. The van der Waals surface area contributed by atoms with E-state index in [2.05, 4.69) is 51.0 Å². The zero-order chi connectivity index (χ0) is 17.8. The van der Waals surface area contributed by atoms with Crippen LogP contribution in [0.1, 0.15) is 29.8 Å². The lowest BCUT2D eigenvalue weighted by Gasteiger charge is -2.40. The van der Waals surface area contributed by atoms with Crippen LogP contribution in [0.15, 0.2) is 42.7 Å². The first-order valence-corrected chi connectivity index (χ1v) is 9.67. The van der Waals surface area contributed by atoms with Crippen LogP contribution in [0.4, 0.5) is 0 Å². The molecule has 0 aliphatic carbocycles. The maximum Gasteiger partial charge on any atom is 0.0743 e. The van der Waals surface area contributed by atoms with Gasteiger partial charge in [0, 0.05) is 56.9 Å². The first kappa shape index (κ1) is 17.6. The summed E-state index contributed by atoms with van der Waals surface area (Å²) < 4.78 is 6.15. The van der Waals surface area contributed by atoms with Crippen LogP contribution in [0.3, 0.4) is 0 Å². The second kappa shape index (κ2) is 8.25. The molecule has 0 spiro atoms. The number of likely N-dealkylation sites (tertiary alicyclic amines) is 1. The molecule has 0 aromatic carbocycles. The van der Waals surface area contributed by atoms with Gasteiger partial charge in [-0.1, -0.05) is 12.1 Å². The van der Waals surface area contributed by atoms with E-state index in [9.17, 15) is 0 Å². The van der Waals surface area contributed by atoms with Crippen LogP contribution in [-0.4, -0.2) is 58.2 Å². The number of aromatic nitrogens is 2. The zero-order valence-corrected chi connectivity index (χ0v) is 15.6. The van der Waals surface area contributed by atoms with Gasteiger partial charge in [0.2, 0.25) is 0 Å². The van der Waals surface area contributed by atoms with Gasteiger partial charge in [-0.2, -0.15) is 0 Å². The van der Waals surface area contributed by atoms with E-state index in [1.54, 1.807) is 0 Å². The molecule has 4 rings (SSSR count). The summed E-state index contributed by atoms with van der Waals surface area (Å²) >= 11 is 0. The van der Waals surface area contributed by atoms with Gasteiger partial charge in [-0.15, -0.1) is 0 Å². The fourth-order valence-electron chi connectivity index (χ4n) is 4.21. The van der Waals surface area contributed by atoms with Crippen molar-refractivity contribution in [2.24, 2.45) is 0 Å². The molecule has 5 nitrogen and oxygen atoms in total. The highest BCUT2D eigenvalue weighted by atomic mass is 16.5. The minimum Gasteiger partial charge on any atom is -0.375 e. The molecule has 2 atom stereocenters. The van der Waals surface area contributed by atoms with Crippen molar-refractivity contribution in [2.45, 2.75) is 45.0 Å². The first-order chi connectivity index (χ1) is 12.8. The second-order valence-corrected chi connectivity index (χ2v) is 7.43. The average Bonchev–Trinajstić information content (AvgIpc) is 2.86. The molecular formula is C21H28N4O. The molecule has 0 radical (unpaired) electrons. The van der Waals surface area contributed by atoms with Crippen molar-refractivity contribution < 1.29 is 4.74 Å². The molecule has 0 saturated carbocycles. The molecule has 138 valence electrons. The Kier molecular flexibility index (Phi) is 5.58. The fourth-order valence-corrected chi connectivity index (χ4v) is 4.21. The van der Waals surface area contributed by atoms with Gasteiger partial charge in [-0.3, -0.25) is 19.8 Å². The van der Waals surface area contributed by atoms with Crippen LogP contribution in [0.2, 0.25) is 0 Å². The van der Waals surface area contributed by atoms with E-state index >= 15 is 0 Å². The molecule has 0 bridgehead atoms. The van der Waals surface area contributed by atoms with Crippen LogP contribution >= 0.6 is 0 Å². The zero-order valence-electron chi connectivity index (χ0n) is 15.6. The number of hydrogen-bond acceptors (Lipinski definition) is 5. The lowest BCUT2D eigenvalue weighted by molar-refractivity contribution is -0.0747. The third kappa shape index (κ3) is 4.29. The normalized spacial score (nSPS) is 24.8. The summed E-state index contributed by atoms with van der Waals surface area (Å²) in [5.41, 5.74) is 3.55. The van der Waals surface area contributed by atoms with Gasteiger partial charge in [0.15, 0.2) is 0 Å². The Hall–Kier alpha value is -1.82. The summed E-state index contributed by atoms with van der Waals surface area (Å²) in [4.78, 5) is 14.1.